The number of nitrogens with zero attached hydrogens (tertiary/aromatic N) is 3. The van der Waals surface area contributed by atoms with Crippen molar-refractivity contribution in [2.75, 3.05) is 20.6 Å². The molecule has 2 aromatic rings. The summed E-state index contributed by atoms with van der Waals surface area (Å²) in [5.41, 5.74) is 4.12. The Balaban J connectivity index is 0.00000225. The van der Waals surface area contributed by atoms with Crippen LogP contribution < -0.4 is 5.32 Å². The fraction of sp³-hybridized carbons (Fsp3) is 0.474. The minimum absolute atomic E-state index is 0. The van der Waals surface area contributed by atoms with E-state index >= 15 is 0 Å². The minimum atomic E-state index is 0. The van der Waals surface area contributed by atoms with Gasteiger partial charge in [0.15, 0.2) is 5.96 Å². The minimum Gasteiger partial charge on any atom is -0.356 e. The van der Waals surface area contributed by atoms with E-state index in [1.54, 1.807) is 11.3 Å². The molecule has 1 N–H and O–H groups in total. The number of thiazole rings is 1. The first-order valence-electron chi connectivity index (χ1n) is 8.58. The molecule has 1 unspecified atom stereocenters. The van der Waals surface area contributed by atoms with E-state index in [1.807, 2.05) is 14.0 Å². The van der Waals surface area contributed by atoms with Crippen LogP contribution in [0, 0.1) is 6.92 Å². The van der Waals surface area contributed by atoms with Crippen molar-refractivity contribution in [2.24, 2.45) is 4.99 Å². The zero-order valence-corrected chi connectivity index (χ0v) is 18.3. The quantitative estimate of drug-likeness (QED) is 0.414. The van der Waals surface area contributed by atoms with E-state index in [4.69, 9.17) is 0 Å². The maximum absolute atomic E-state index is 4.54. The lowest BCUT2D eigenvalue weighted by Crippen LogP contribution is -2.40. The molecule has 3 rings (SSSR count). The number of aryl methyl sites for hydroxylation is 2. The molecule has 0 fully saturated rings. The van der Waals surface area contributed by atoms with Gasteiger partial charge in [-0.2, -0.15) is 0 Å². The lowest BCUT2D eigenvalue weighted by Gasteiger charge is -2.28. The number of fused-ring (bicyclic) bond motifs is 1. The van der Waals surface area contributed by atoms with Crippen LogP contribution in [0.1, 0.15) is 40.6 Å². The molecule has 0 aliphatic heterocycles. The Kier molecular flexibility index (Phi) is 7.68. The molecule has 0 saturated heterocycles. The Morgan fingerprint density at radius 1 is 1.40 bits per heavy atom. The second kappa shape index (κ2) is 9.52. The molecule has 6 heteroatoms. The van der Waals surface area contributed by atoms with Gasteiger partial charge in [0.05, 0.1) is 17.2 Å². The number of halogens is 1. The molecule has 1 aliphatic carbocycles. The largest absolute Gasteiger partial charge is 0.356 e. The van der Waals surface area contributed by atoms with E-state index in [9.17, 15) is 0 Å². The Morgan fingerprint density at radius 2 is 2.20 bits per heavy atom. The molecule has 1 aromatic heterocycles. The van der Waals surface area contributed by atoms with Gasteiger partial charge in [0.2, 0.25) is 0 Å². The van der Waals surface area contributed by atoms with E-state index in [0.29, 0.717) is 5.92 Å². The van der Waals surface area contributed by atoms with Gasteiger partial charge < -0.3 is 10.2 Å². The van der Waals surface area contributed by atoms with Gasteiger partial charge in [-0.15, -0.1) is 35.3 Å². The van der Waals surface area contributed by atoms with Crippen LogP contribution in [0.15, 0.2) is 34.6 Å². The molecule has 0 saturated carbocycles. The third-order valence-corrected chi connectivity index (χ3v) is 5.46. The third-order valence-electron chi connectivity index (χ3n) is 4.64. The predicted octanol–water partition coefficient (Wildman–Crippen LogP) is 4.20. The number of rotatable bonds is 4. The van der Waals surface area contributed by atoms with Gasteiger partial charge in [-0.1, -0.05) is 24.3 Å². The second-order valence-corrected chi connectivity index (χ2v) is 7.49. The van der Waals surface area contributed by atoms with Crippen molar-refractivity contribution < 1.29 is 0 Å². The number of guanidine groups is 1. The summed E-state index contributed by atoms with van der Waals surface area (Å²) >= 11 is 1.70. The molecule has 4 nitrogen and oxygen atoms in total. The van der Waals surface area contributed by atoms with Crippen molar-refractivity contribution in [2.45, 2.75) is 38.6 Å². The van der Waals surface area contributed by atoms with Crippen LogP contribution in [-0.2, 0) is 13.0 Å². The van der Waals surface area contributed by atoms with Gasteiger partial charge in [-0.25, -0.2) is 4.98 Å². The Morgan fingerprint density at radius 3 is 2.92 bits per heavy atom. The van der Waals surface area contributed by atoms with Crippen LogP contribution in [0.4, 0.5) is 0 Å². The zero-order valence-electron chi connectivity index (χ0n) is 15.2. The van der Waals surface area contributed by atoms with Crippen LogP contribution >= 0.6 is 35.3 Å². The van der Waals surface area contributed by atoms with Crippen LogP contribution in [-0.4, -0.2) is 36.5 Å². The molecular formula is C19H27IN4S. The maximum Gasteiger partial charge on any atom is 0.193 e. The lowest BCUT2D eigenvalue weighted by molar-refractivity contribution is 0.458. The topological polar surface area (TPSA) is 40.5 Å². The van der Waals surface area contributed by atoms with Gasteiger partial charge >= 0.3 is 0 Å². The van der Waals surface area contributed by atoms with E-state index < -0.39 is 0 Å². The fourth-order valence-corrected chi connectivity index (χ4v) is 4.07. The highest BCUT2D eigenvalue weighted by Crippen LogP contribution is 2.30. The summed E-state index contributed by atoms with van der Waals surface area (Å²) in [4.78, 5) is 11.1. The van der Waals surface area contributed by atoms with Crippen molar-refractivity contribution >= 4 is 41.3 Å². The number of nitrogens with one attached hydrogen (secondary N) is 1. The summed E-state index contributed by atoms with van der Waals surface area (Å²) in [5, 5.41) is 6.79. The first kappa shape index (κ1) is 20.2. The molecular weight excluding hydrogens is 443 g/mol. The molecule has 1 heterocycles. The number of hydrogen-bond acceptors (Lipinski definition) is 3. The van der Waals surface area contributed by atoms with Crippen LogP contribution in [0.5, 0.6) is 0 Å². The third kappa shape index (κ3) is 5.17. The second-order valence-electron chi connectivity index (χ2n) is 6.43. The predicted molar refractivity (Wildman–Crippen MR) is 117 cm³/mol. The standard InChI is InChI=1S/C19H26N4S.HI/c1-14-22-17(13-24-14)12-23(3)19(20-2)21-11-16-9-6-8-15-7-4-5-10-18(15)16;/h4-5,7,10,13,16H,6,8-9,11-12H2,1-3H3,(H,20,21);1H. The zero-order chi connectivity index (χ0) is 16.9. The molecule has 0 bridgehead atoms. The van der Waals surface area contributed by atoms with Gasteiger partial charge in [-0.05, 0) is 37.3 Å². The number of aromatic nitrogens is 1. The van der Waals surface area contributed by atoms with Crippen molar-refractivity contribution in [3.05, 3.63) is 51.5 Å². The van der Waals surface area contributed by atoms with Crippen molar-refractivity contribution in [3.63, 3.8) is 0 Å². The molecule has 1 atom stereocenters. The number of benzene rings is 1. The highest BCUT2D eigenvalue weighted by Gasteiger charge is 2.20. The molecule has 25 heavy (non-hydrogen) atoms. The highest BCUT2D eigenvalue weighted by atomic mass is 127. The van der Waals surface area contributed by atoms with Crippen molar-refractivity contribution in [3.8, 4) is 0 Å². The first-order valence-corrected chi connectivity index (χ1v) is 9.46. The fourth-order valence-electron chi connectivity index (χ4n) is 3.46. The normalized spacial score (nSPS) is 16.8. The number of hydrogen-bond donors (Lipinski definition) is 1. The van der Waals surface area contributed by atoms with E-state index in [2.05, 4.69) is 56.9 Å². The van der Waals surface area contributed by atoms with Crippen molar-refractivity contribution in [1.82, 2.24) is 15.2 Å². The maximum atomic E-state index is 4.54. The Bertz CT molecular complexity index is 713. The smallest absolute Gasteiger partial charge is 0.193 e. The summed E-state index contributed by atoms with van der Waals surface area (Å²) < 4.78 is 0. The highest BCUT2D eigenvalue weighted by molar-refractivity contribution is 14.0. The van der Waals surface area contributed by atoms with E-state index in [1.165, 1.54) is 30.4 Å². The molecule has 136 valence electrons. The van der Waals surface area contributed by atoms with Crippen LogP contribution in [0.2, 0.25) is 0 Å². The lowest BCUT2D eigenvalue weighted by atomic mass is 9.83. The Hall–Kier alpha value is -1.15. The SMILES string of the molecule is CN=C(NCC1CCCc2ccccc21)N(C)Cc1csc(C)n1.I. The van der Waals surface area contributed by atoms with Gasteiger partial charge in [-0.3, -0.25) is 4.99 Å². The molecule has 0 amide bonds. The van der Waals surface area contributed by atoms with E-state index in [-0.39, 0.29) is 24.0 Å². The molecule has 1 aliphatic rings. The van der Waals surface area contributed by atoms with Crippen LogP contribution in [0.25, 0.3) is 0 Å². The summed E-state index contributed by atoms with van der Waals surface area (Å²) in [6, 6.07) is 8.86. The first-order chi connectivity index (χ1) is 11.7. The van der Waals surface area contributed by atoms with Crippen molar-refractivity contribution in [1.29, 1.82) is 0 Å². The van der Waals surface area contributed by atoms with Crippen LogP contribution in [0.3, 0.4) is 0 Å². The summed E-state index contributed by atoms with van der Waals surface area (Å²) in [7, 11) is 3.92. The molecule has 0 radical (unpaired) electrons. The monoisotopic (exact) mass is 470 g/mol. The molecule has 1 aromatic carbocycles. The van der Waals surface area contributed by atoms with Gasteiger partial charge in [0, 0.05) is 31.9 Å². The van der Waals surface area contributed by atoms with Gasteiger partial charge in [0.25, 0.3) is 0 Å². The summed E-state index contributed by atoms with van der Waals surface area (Å²) in [6.45, 7) is 3.76. The Labute approximate surface area is 171 Å². The molecule has 0 spiro atoms. The summed E-state index contributed by atoms with van der Waals surface area (Å²) in [6.07, 6.45) is 3.73. The van der Waals surface area contributed by atoms with Gasteiger partial charge in [0.1, 0.15) is 0 Å². The average Bonchev–Trinajstić information content (AvgIpc) is 3.00. The average molecular weight is 470 g/mol. The number of aliphatic imine (C=N–C) groups is 1. The van der Waals surface area contributed by atoms with E-state index in [0.717, 1.165) is 29.8 Å². The summed E-state index contributed by atoms with van der Waals surface area (Å²) in [5.74, 6) is 1.50.